The molecule has 0 radical (unpaired) electrons. The molecular weight excluding hydrogens is 449 g/mol. The number of nitrogens with one attached hydrogen (secondary N) is 1. The summed E-state index contributed by atoms with van der Waals surface area (Å²) < 4.78 is 47.5. The molecule has 2 aromatic carbocycles. The summed E-state index contributed by atoms with van der Waals surface area (Å²) in [5.74, 6) is -2.65. The van der Waals surface area contributed by atoms with E-state index in [1.165, 1.54) is 12.1 Å². The number of hydrogen-bond donors (Lipinski definition) is 2. The van der Waals surface area contributed by atoms with Crippen molar-refractivity contribution in [2.24, 2.45) is 0 Å². The number of anilines is 2. The largest absolute Gasteiger partial charge is 0.453 e. The number of hydrogen-bond acceptors (Lipinski definition) is 4. The van der Waals surface area contributed by atoms with E-state index in [9.17, 15) is 18.0 Å². The zero-order valence-electron chi connectivity index (χ0n) is 15.5. The average molecular weight is 469 g/mol. The van der Waals surface area contributed by atoms with Crippen molar-refractivity contribution in [3.05, 3.63) is 58.0 Å². The van der Waals surface area contributed by atoms with E-state index < -0.39 is 34.2 Å². The molecule has 3 rings (SSSR count). The van der Waals surface area contributed by atoms with Gasteiger partial charge in [-0.3, -0.25) is 4.79 Å². The highest BCUT2D eigenvalue weighted by Crippen LogP contribution is 2.30. The highest BCUT2D eigenvalue weighted by molar-refractivity contribution is 9.09. The fraction of sp³-hybridized carbons (Fsp3) is 0.286. The Hall–Kier alpha value is -2.48. The zero-order chi connectivity index (χ0) is 21.0. The quantitative estimate of drug-likeness (QED) is 0.248. The number of unbranched alkanes of at least 4 members (excludes halogenated alkanes) is 3. The van der Waals surface area contributed by atoms with Gasteiger partial charge in [-0.25, -0.2) is 13.2 Å². The Kier molecular flexibility index (Phi) is 6.84. The van der Waals surface area contributed by atoms with Crippen molar-refractivity contribution in [1.29, 1.82) is 0 Å². The van der Waals surface area contributed by atoms with Gasteiger partial charge in [0.15, 0.2) is 16.8 Å². The van der Waals surface area contributed by atoms with Gasteiger partial charge in [0.2, 0.25) is 0 Å². The summed E-state index contributed by atoms with van der Waals surface area (Å²) in [4.78, 5) is 12.3. The topological polar surface area (TPSA) is 68.3 Å². The van der Waals surface area contributed by atoms with E-state index in [2.05, 4.69) is 21.2 Å². The van der Waals surface area contributed by atoms with E-state index in [0.29, 0.717) is 18.3 Å². The van der Waals surface area contributed by atoms with Crippen LogP contribution in [0.4, 0.5) is 24.5 Å². The lowest BCUT2D eigenvalue weighted by Crippen LogP contribution is -2.07. The molecule has 4 nitrogen and oxygen atoms in total. The van der Waals surface area contributed by atoms with Crippen LogP contribution in [0.5, 0.6) is 0 Å². The Morgan fingerprint density at radius 1 is 0.966 bits per heavy atom. The number of halogens is 4. The SMILES string of the molecule is Nc1c(F)cc(F)c2oc(-c3ccc(NCCCCCCBr)c(F)c3)cc(=O)c12. The predicted octanol–water partition coefficient (Wildman–Crippen LogP) is 5.83. The van der Waals surface area contributed by atoms with Crippen molar-refractivity contribution in [2.45, 2.75) is 25.7 Å². The molecule has 0 saturated heterocycles. The maximum atomic E-state index is 14.4. The van der Waals surface area contributed by atoms with E-state index in [4.69, 9.17) is 10.2 Å². The van der Waals surface area contributed by atoms with E-state index >= 15 is 0 Å². The van der Waals surface area contributed by atoms with Crippen molar-refractivity contribution in [3.8, 4) is 11.3 Å². The van der Waals surface area contributed by atoms with Crippen LogP contribution in [0, 0.1) is 17.5 Å². The summed E-state index contributed by atoms with van der Waals surface area (Å²) in [7, 11) is 0. The van der Waals surface area contributed by atoms with Crippen LogP contribution >= 0.6 is 15.9 Å². The Labute approximate surface area is 174 Å². The summed E-state index contributed by atoms with van der Waals surface area (Å²) in [6.07, 6.45) is 4.19. The van der Waals surface area contributed by atoms with Gasteiger partial charge in [0.1, 0.15) is 17.4 Å². The molecule has 1 heterocycles. The van der Waals surface area contributed by atoms with Gasteiger partial charge in [-0.05, 0) is 31.0 Å². The minimum Gasteiger partial charge on any atom is -0.453 e. The second-order valence-corrected chi connectivity index (χ2v) is 7.45. The van der Waals surface area contributed by atoms with Gasteiger partial charge in [0, 0.05) is 29.6 Å². The standard InChI is InChI=1S/C21H20BrF3N2O2/c22-7-3-1-2-4-8-27-16-6-5-12(9-13(16)23)18-11-17(28)19-20(26)14(24)10-15(25)21(19)29-18/h5-6,9-11,27H,1-4,7-8,26H2. The highest BCUT2D eigenvalue weighted by atomic mass is 79.9. The number of rotatable bonds is 8. The molecule has 0 spiro atoms. The number of alkyl halides is 1. The molecule has 1 aromatic heterocycles. The zero-order valence-corrected chi connectivity index (χ0v) is 17.1. The second-order valence-electron chi connectivity index (χ2n) is 6.66. The van der Waals surface area contributed by atoms with Crippen molar-refractivity contribution in [1.82, 2.24) is 0 Å². The van der Waals surface area contributed by atoms with Gasteiger partial charge in [0.25, 0.3) is 0 Å². The summed E-state index contributed by atoms with van der Waals surface area (Å²) in [6, 6.07) is 5.88. The van der Waals surface area contributed by atoms with E-state index in [-0.39, 0.29) is 16.7 Å². The third kappa shape index (κ3) is 4.75. The molecule has 0 aliphatic carbocycles. The second kappa shape index (κ2) is 9.35. The number of benzene rings is 2. The summed E-state index contributed by atoms with van der Waals surface area (Å²) >= 11 is 3.38. The molecule has 0 aliphatic heterocycles. The summed E-state index contributed by atoms with van der Waals surface area (Å²) in [5.41, 5.74) is 4.47. The van der Waals surface area contributed by atoms with Crippen LogP contribution in [0.15, 0.2) is 39.5 Å². The average Bonchev–Trinajstić information content (AvgIpc) is 2.69. The fourth-order valence-electron chi connectivity index (χ4n) is 3.04. The van der Waals surface area contributed by atoms with E-state index in [1.807, 2.05) is 0 Å². The minimum atomic E-state index is -1.05. The van der Waals surface area contributed by atoms with Gasteiger partial charge in [0.05, 0.1) is 16.8 Å². The molecule has 0 atom stereocenters. The lowest BCUT2D eigenvalue weighted by Gasteiger charge is -2.10. The third-order valence-electron chi connectivity index (χ3n) is 4.57. The molecule has 0 fully saturated rings. The van der Waals surface area contributed by atoms with Gasteiger partial charge in [-0.15, -0.1) is 0 Å². The third-order valence-corrected chi connectivity index (χ3v) is 5.13. The maximum absolute atomic E-state index is 14.4. The predicted molar refractivity (Wildman–Crippen MR) is 113 cm³/mol. The smallest absolute Gasteiger partial charge is 0.195 e. The molecule has 154 valence electrons. The molecule has 0 saturated carbocycles. The van der Waals surface area contributed by atoms with E-state index in [1.54, 1.807) is 6.07 Å². The number of nitrogen functional groups attached to an aromatic ring is 1. The first-order valence-corrected chi connectivity index (χ1v) is 10.4. The Balaban J connectivity index is 1.83. The van der Waals surface area contributed by atoms with Crippen LogP contribution in [0.25, 0.3) is 22.3 Å². The van der Waals surface area contributed by atoms with Crippen LogP contribution in [-0.2, 0) is 0 Å². The number of fused-ring (bicyclic) bond motifs is 1. The van der Waals surface area contributed by atoms with Crippen molar-refractivity contribution in [2.75, 3.05) is 22.9 Å². The van der Waals surface area contributed by atoms with Crippen molar-refractivity contribution in [3.63, 3.8) is 0 Å². The van der Waals surface area contributed by atoms with Crippen molar-refractivity contribution >= 4 is 38.3 Å². The van der Waals surface area contributed by atoms with Crippen molar-refractivity contribution < 1.29 is 17.6 Å². The fourth-order valence-corrected chi connectivity index (χ4v) is 3.44. The lowest BCUT2D eigenvalue weighted by molar-refractivity contribution is 0.546. The lowest BCUT2D eigenvalue weighted by atomic mass is 10.1. The molecule has 29 heavy (non-hydrogen) atoms. The first-order valence-electron chi connectivity index (χ1n) is 9.23. The Morgan fingerprint density at radius 3 is 2.45 bits per heavy atom. The first-order chi connectivity index (χ1) is 13.9. The van der Waals surface area contributed by atoms with Crippen LogP contribution in [0.1, 0.15) is 25.7 Å². The Morgan fingerprint density at radius 2 is 1.72 bits per heavy atom. The molecule has 0 unspecified atom stereocenters. The molecule has 3 N–H and O–H groups in total. The van der Waals surface area contributed by atoms with Gasteiger partial charge in [-0.1, -0.05) is 28.8 Å². The monoisotopic (exact) mass is 468 g/mol. The molecule has 8 heteroatoms. The maximum Gasteiger partial charge on any atom is 0.195 e. The summed E-state index contributed by atoms with van der Waals surface area (Å²) in [6.45, 7) is 0.639. The minimum absolute atomic E-state index is 0.0346. The summed E-state index contributed by atoms with van der Waals surface area (Å²) in [5, 5.41) is 3.64. The molecule has 3 aromatic rings. The van der Waals surface area contributed by atoms with Crippen LogP contribution in [-0.4, -0.2) is 11.9 Å². The molecule has 0 bridgehead atoms. The number of nitrogens with two attached hydrogens (primary N) is 1. The van der Waals surface area contributed by atoms with Gasteiger partial charge >= 0.3 is 0 Å². The van der Waals surface area contributed by atoms with E-state index in [0.717, 1.165) is 37.1 Å². The normalized spacial score (nSPS) is 11.2. The molecular formula is C21H20BrF3N2O2. The Bertz CT molecular complexity index is 1090. The van der Waals surface area contributed by atoms with Crippen LogP contribution in [0.2, 0.25) is 0 Å². The van der Waals surface area contributed by atoms with Gasteiger partial charge < -0.3 is 15.5 Å². The van der Waals surface area contributed by atoms with Crippen LogP contribution in [0.3, 0.4) is 0 Å². The van der Waals surface area contributed by atoms with Crippen LogP contribution < -0.4 is 16.5 Å². The first kappa shape index (κ1) is 21.2. The molecule has 0 amide bonds. The van der Waals surface area contributed by atoms with Gasteiger partial charge in [-0.2, -0.15) is 0 Å². The highest BCUT2D eigenvalue weighted by Gasteiger charge is 2.17. The molecule has 0 aliphatic rings.